The molecule has 151 valence electrons. The van der Waals surface area contributed by atoms with Gasteiger partial charge in [-0.05, 0) is 41.6 Å². The second-order valence-corrected chi connectivity index (χ2v) is 8.19. The quantitative estimate of drug-likeness (QED) is 0.419. The number of amides is 3. The van der Waals surface area contributed by atoms with Gasteiger partial charge in [-0.3, -0.25) is 4.79 Å². The molecule has 0 bridgehead atoms. The van der Waals surface area contributed by atoms with Crippen molar-refractivity contribution in [2.75, 3.05) is 20.7 Å². The van der Waals surface area contributed by atoms with E-state index in [1.54, 1.807) is 12.1 Å². The van der Waals surface area contributed by atoms with Gasteiger partial charge in [0.25, 0.3) is 10.0 Å². The molecule has 29 heavy (non-hydrogen) atoms. The molecular formula is C18H21N3NaO5S2. The second kappa shape index (κ2) is 12.0. The first-order chi connectivity index (χ1) is 13.4. The molecule has 1 heterocycles. The largest absolute Gasteiger partial charge is 0.495 e. The van der Waals surface area contributed by atoms with E-state index in [4.69, 9.17) is 4.74 Å². The van der Waals surface area contributed by atoms with Gasteiger partial charge in [-0.25, -0.2) is 17.9 Å². The topological polar surface area (TPSA) is 114 Å². The molecule has 8 nitrogen and oxygen atoms in total. The van der Waals surface area contributed by atoms with Gasteiger partial charge in [-0.2, -0.15) is 0 Å². The van der Waals surface area contributed by atoms with E-state index in [1.165, 1.54) is 43.7 Å². The molecule has 0 fully saturated rings. The number of urea groups is 1. The number of sulfonamides is 1. The first kappa shape index (κ1) is 25.2. The fourth-order valence-electron chi connectivity index (χ4n) is 2.25. The molecule has 0 saturated carbocycles. The Hall–Kier alpha value is -1.85. The van der Waals surface area contributed by atoms with Crippen molar-refractivity contribution < 1.29 is 22.7 Å². The Balaban J connectivity index is 0.00000420. The third-order valence-corrected chi connectivity index (χ3v) is 5.82. The molecule has 0 aliphatic rings. The van der Waals surface area contributed by atoms with Crippen molar-refractivity contribution in [3.8, 4) is 5.75 Å². The normalized spacial score (nSPS) is 10.8. The number of benzene rings is 1. The van der Waals surface area contributed by atoms with Crippen molar-refractivity contribution in [1.29, 1.82) is 0 Å². The number of thiophene rings is 1. The summed E-state index contributed by atoms with van der Waals surface area (Å²) in [4.78, 5) is 24.1. The van der Waals surface area contributed by atoms with Crippen LogP contribution in [0.5, 0.6) is 5.75 Å². The van der Waals surface area contributed by atoms with Gasteiger partial charge in [0.1, 0.15) is 10.6 Å². The number of methoxy groups -OCH3 is 1. The van der Waals surface area contributed by atoms with Crippen LogP contribution in [-0.2, 0) is 21.2 Å². The minimum absolute atomic E-state index is 0. The van der Waals surface area contributed by atoms with Crippen molar-refractivity contribution in [3.05, 3.63) is 52.2 Å². The van der Waals surface area contributed by atoms with Gasteiger partial charge in [0.15, 0.2) is 0 Å². The van der Waals surface area contributed by atoms with E-state index in [1.807, 2.05) is 22.2 Å². The van der Waals surface area contributed by atoms with E-state index in [9.17, 15) is 18.0 Å². The van der Waals surface area contributed by atoms with E-state index in [0.717, 1.165) is 4.88 Å². The van der Waals surface area contributed by atoms with Crippen molar-refractivity contribution in [2.24, 2.45) is 0 Å². The molecule has 3 amide bonds. The fraction of sp³-hybridized carbons (Fsp3) is 0.222. The van der Waals surface area contributed by atoms with Crippen LogP contribution in [0.3, 0.4) is 0 Å². The molecule has 1 aromatic carbocycles. The Bertz CT molecular complexity index is 960. The van der Waals surface area contributed by atoms with Crippen molar-refractivity contribution in [1.82, 2.24) is 15.4 Å². The van der Waals surface area contributed by atoms with Crippen LogP contribution in [0, 0.1) is 0 Å². The number of nitrogens with one attached hydrogen (secondary N) is 3. The molecule has 3 N–H and O–H groups in total. The maximum Gasteiger partial charge on any atom is 0.328 e. The number of hydrogen-bond donors (Lipinski definition) is 3. The van der Waals surface area contributed by atoms with Crippen molar-refractivity contribution in [2.45, 2.75) is 11.3 Å². The molecule has 2 rings (SSSR count). The van der Waals surface area contributed by atoms with Gasteiger partial charge in [0.05, 0.1) is 7.11 Å². The summed E-state index contributed by atoms with van der Waals surface area (Å²) in [5.41, 5.74) is 0.667. The Kier molecular flexibility index (Phi) is 10.4. The zero-order valence-corrected chi connectivity index (χ0v) is 20.0. The van der Waals surface area contributed by atoms with Gasteiger partial charge in [-0.15, -0.1) is 11.3 Å². The number of rotatable bonds is 8. The van der Waals surface area contributed by atoms with E-state index in [-0.39, 0.29) is 46.1 Å². The average molecular weight is 447 g/mol. The third-order valence-electron chi connectivity index (χ3n) is 3.63. The Morgan fingerprint density at radius 3 is 2.62 bits per heavy atom. The molecule has 0 atom stereocenters. The van der Waals surface area contributed by atoms with Gasteiger partial charge in [0, 0.05) is 54.1 Å². The average Bonchev–Trinajstić information content (AvgIpc) is 3.19. The predicted molar refractivity (Wildman–Crippen MR) is 114 cm³/mol. The predicted octanol–water partition coefficient (Wildman–Crippen LogP) is 1.37. The van der Waals surface area contributed by atoms with Crippen molar-refractivity contribution in [3.63, 3.8) is 0 Å². The summed E-state index contributed by atoms with van der Waals surface area (Å²) in [5, 5.41) is 6.85. The van der Waals surface area contributed by atoms with Crippen LogP contribution in [0.2, 0.25) is 0 Å². The second-order valence-electron chi connectivity index (χ2n) is 5.56. The van der Waals surface area contributed by atoms with E-state index >= 15 is 0 Å². The first-order valence-electron chi connectivity index (χ1n) is 8.26. The zero-order chi connectivity index (χ0) is 20.6. The van der Waals surface area contributed by atoms with Crippen LogP contribution in [0.1, 0.15) is 10.4 Å². The summed E-state index contributed by atoms with van der Waals surface area (Å²) in [7, 11) is -1.44. The maximum atomic E-state index is 12.4. The molecule has 0 aliphatic carbocycles. The molecule has 1 radical (unpaired) electrons. The monoisotopic (exact) mass is 446 g/mol. The summed E-state index contributed by atoms with van der Waals surface area (Å²) in [5.74, 6) is -0.126. The number of hydrogen-bond acceptors (Lipinski definition) is 6. The Labute approximate surface area is 196 Å². The van der Waals surface area contributed by atoms with Gasteiger partial charge in [-0.1, -0.05) is 12.1 Å². The standard InChI is InChI=1S/C18H21N3O5S2.Na/c1-19-18(23)21-28(24,25)16-12-13(5-7-15(16)26-2)9-10-20-17(22)8-6-14-4-3-11-27-14;/h3-8,11-12H,9-10H2,1-2H3,(H,20,22)(H2,19,21,23);/b8-6+;. The van der Waals surface area contributed by atoms with Gasteiger partial charge in [0.2, 0.25) is 5.91 Å². The zero-order valence-electron chi connectivity index (χ0n) is 16.4. The first-order valence-corrected chi connectivity index (χ1v) is 10.6. The van der Waals surface area contributed by atoms with E-state index in [2.05, 4.69) is 10.6 Å². The van der Waals surface area contributed by atoms with Crippen LogP contribution in [0.4, 0.5) is 4.79 Å². The van der Waals surface area contributed by atoms with Gasteiger partial charge >= 0.3 is 6.03 Å². The Morgan fingerprint density at radius 2 is 2.00 bits per heavy atom. The van der Waals surface area contributed by atoms with Crippen LogP contribution in [-0.4, -0.2) is 70.6 Å². The maximum absolute atomic E-state index is 12.4. The Morgan fingerprint density at radius 1 is 1.24 bits per heavy atom. The minimum atomic E-state index is -4.10. The molecule has 1 aromatic heterocycles. The van der Waals surface area contributed by atoms with E-state index in [0.29, 0.717) is 18.5 Å². The minimum Gasteiger partial charge on any atom is -0.495 e. The summed E-state index contributed by atoms with van der Waals surface area (Å²) in [6, 6.07) is 7.57. The van der Waals surface area contributed by atoms with Crippen molar-refractivity contribution >= 4 is 68.9 Å². The number of carbonyl (C=O) groups excluding carboxylic acids is 2. The summed E-state index contributed by atoms with van der Waals surface area (Å²) in [6.07, 6.45) is 3.58. The molecule has 2 aromatic rings. The van der Waals surface area contributed by atoms with Crippen LogP contribution < -0.4 is 20.1 Å². The molecule has 0 aliphatic heterocycles. The van der Waals surface area contributed by atoms with Crippen LogP contribution in [0.15, 0.2) is 46.7 Å². The molecule has 0 saturated heterocycles. The fourth-order valence-corrected chi connectivity index (χ4v) is 4.04. The molecule has 0 spiro atoms. The SMILES string of the molecule is CNC(=O)NS(=O)(=O)c1cc(CCNC(=O)/C=C/c2cccs2)ccc1OC.[Na]. The number of carbonyl (C=O) groups is 2. The summed E-state index contributed by atoms with van der Waals surface area (Å²) < 4.78 is 31.7. The smallest absolute Gasteiger partial charge is 0.328 e. The summed E-state index contributed by atoms with van der Waals surface area (Å²) >= 11 is 1.53. The molecular weight excluding hydrogens is 425 g/mol. The van der Waals surface area contributed by atoms with E-state index < -0.39 is 16.1 Å². The van der Waals surface area contributed by atoms with Gasteiger partial charge < -0.3 is 15.4 Å². The summed E-state index contributed by atoms with van der Waals surface area (Å²) in [6.45, 7) is 0.322. The van der Waals surface area contributed by atoms with Crippen LogP contribution in [0.25, 0.3) is 6.08 Å². The third kappa shape index (κ3) is 7.82. The van der Waals surface area contributed by atoms with Crippen LogP contribution >= 0.6 is 11.3 Å². The molecule has 11 heteroatoms. The molecule has 0 unspecified atom stereocenters. The number of ether oxygens (including phenoxy) is 1.